The molecule has 0 bridgehead atoms. The molecule has 0 radical (unpaired) electrons. The summed E-state index contributed by atoms with van der Waals surface area (Å²) in [7, 11) is 1.55. The molecule has 2 aromatic rings. The standard InChI is InChI=1S/C14H12Cl2N2O2/c1-20-12-4-2-10(15)6-9(12)7-14(19)18-13-5-3-11(16)8-17-13/h2-6,8H,7H2,1H3,(H,17,18,19). The molecule has 1 N–H and O–H groups in total. The summed E-state index contributed by atoms with van der Waals surface area (Å²) in [6.45, 7) is 0. The Morgan fingerprint density at radius 2 is 2.00 bits per heavy atom. The van der Waals surface area contributed by atoms with Crippen LogP contribution in [0, 0.1) is 0 Å². The number of benzene rings is 1. The molecule has 0 saturated carbocycles. The summed E-state index contributed by atoms with van der Waals surface area (Å²) >= 11 is 11.6. The number of pyridine rings is 1. The fourth-order valence-electron chi connectivity index (χ4n) is 1.70. The summed E-state index contributed by atoms with van der Waals surface area (Å²) in [5.74, 6) is 0.856. The van der Waals surface area contributed by atoms with E-state index < -0.39 is 0 Å². The molecule has 0 atom stereocenters. The van der Waals surface area contributed by atoms with Gasteiger partial charge in [-0.05, 0) is 30.3 Å². The Labute approximate surface area is 126 Å². The molecule has 0 aliphatic carbocycles. The van der Waals surface area contributed by atoms with Gasteiger partial charge in [-0.2, -0.15) is 0 Å². The first kappa shape index (κ1) is 14.6. The number of ether oxygens (including phenoxy) is 1. The zero-order chi connectivity index (χ0) is 14.5. The molecule has 0 unspecified atom stereocenters. The molecule has 1 aromatic heterocycles. The van der Waals surface area contributed by atoms with E-state index in [1.54, 1.807) is 37.4 Å². The molecule has 0 saturated heterocycles. The average Bonchev–Trinajstić information content (AvgIpc) is 2.41. The van der Waals surface area contributed by atoms with Crippen LogP contribution < -0.4 is 10.1 Å². The lowest BCUT2D eigenvalue weighted by Crippen LogP contribution is -2.15. The van der Waals surface area contributed by atoms with Crippen LogP contribution in [0.2, 0.25) is 10.0 Å². The number of halogens is 2. The van der Waals surface area contributed by atoms with Crippen molar-refractivity contribution in [2.24, 2.45) is 0 Å². The Hall–Kier alpha value is -1.78. The van der Waals surface area contributed by atoms with Crippen molar-refractivity contribution in [1.82, 2.24) is 4.98 Å². The minimum absolute atomic E-state index is 0.147. The van der Waals surface area contributed by atoms with Gasteiger partial charge in [-0.1, -0.05) is 23.2 Å². The Kier molecular flexibility index (Phi) is 4.82. The first-order valence-electron chi connectivity index (χ1n) is 5.82. The van der Waals surface area contributed by atoms with Crippen LogP contribution in [0.4, 0.5) is 5.82 Å². The van der Waals surface area contributed by atoms with Crippen molar-refractivity contribution < 1.29 is 9.53 Å². The Morgan fingerprint density at radius 1 is 1.25 bits per heavy atom. The van der Waals surface area contributed by atoms with E-state index >= 15 is 0 Å². The maximum atomic E-state index is 12.0. The highest BCUT2D eigenvalue weighted by Crippen LogP contribution is 2.23. The van der Waals surface area contributed by atoms with E-state index in [1.165, 1.54) is 6.20 Å². The number of aromatic nitrogens is 1. The van der Waals surface area contributed by atoms with Crippen LogP contribution in [-0.4, -0.2) is 18.0 Å². The number of amides is 1. The smallest absolute Gasteiger partial charge is 0.230 e. The van der Waals surface area contributed by atoms with Gasteiger partial charge in [0.25, 0.3) is 0 Å². The van der Waals surface area contributed by atoms with Crippen LogP contribution in [-0.2, 0) is 11.2 Å². The van der Waals surface area contributed by atoms with Gasteiger partial charge in [0, 0.05) is 16.8 Å². The molecule has 2 rings (SSSR count). The minimum atomic E-state index is -0.208. The van der Waals surface area contributed by atoms with E-state index in [9.17, 15) is 4.79 Å². The molecule has 20 heavy (non-hydrogen) atoms. The van der Waals surface area contributed by atoms with Crippen molar-refractivity contribution in [3.63, 3.8) is 0 Å². The van der Waals surface area contributed by atoms with Gasteiger partial charge in [0.2, 0.25) is 5.91 Å². The third kappa shape index (κ3) is 3.85. The van der Waals surface area contributed by atoms with E-state index in [0.717, 1.165) is 0 Å². The van der Waals surface area contributed by atoms with Crippen LogP contribution in [0.3, 0.4) is 0 Å². The number of rotatable bonds is 4. The zero-order valence-corrected chi connectivity index (χ0v) is 12.2. The molecular weight excluding hydrogens is 299 g/mol. The molecule has 1 heterocycles. The molecule has 0 aliphatic heterocycles. The van der Waals surface area contributed by atoms with Gasteiger partial charge in [-0.3, -0.25) is 4.79 Å². The van der Waals surface area contributed by atoms with Crippen molar-refractivity contribution in [1.29, 1.82) is 0 Å². The van der Waals surface area contributed by atoms with Crippen molar-refractivity contribution in [3.8, 4) is 5.75 Å². The normalized spacial score (nSPS) is 10.2. The number of carbonyl (C=O) groups excluding carboxylic acids is 1. The Morgan fingerprint density at radius 3 is 2.65 bits per heavy atom. The van der Waals surface area contributed by atoms with Crippen molar-refractivity contribution in [2.75, 3.05) is 12.4 Å². The van der Waals surface area contributed by atoms with E-state index in [2.05, 4.69) is 10.3 Å². The van der Waals surface area contributed by atoms with Crippen LogP contribution in [0.25, 0.3) is 0 Å². The summed E-state index contributed by atoms with van der Waals surface area (Å²) in [5.41, 5.74) is 0.714. The highest BCUT2D eigenvalue weighted by Gasteiger charge is 2.10. The third-order valence-electron chi connectivity index (χ3n) is 2.59. The lowest BCUT2D eigenvalue weighted by atomic mass is 10.1. The summed E-state index contributed by atoms with van der Waals surface area (Å²) in [6, 6.07) is 8.43. The number of nitrogens with zero attached hydrogens (tertiary/aromatic N) is 1. The highest BCUT2D eigenvalue weighted by molar-refractivity contribution is 6.30. The highest BCUT2D eigenvalue weighted by atomic mass is 35.5. The first-order chi connectivity index (χ1) is 9.58. The van der Waals surface area contributed by atoms with Crippen LogP contribution in [0.15, 0.2) is 36.5 Å². The fraction of sp³-hybridized carbons (Fsp3) is 0.143. The number of methoxy groups -OCH3 is 1. The molecule has 1 aromatic carbocycles. The summed E-state index contributed by atoms with van der Waals surface area (Å²) in [6.07, 6.45) is 1.62. The van der Waals surface area contributed by atoms with Crippen molar-refractivity contribution >= 4 is 34.9 Å². The molecule has 104 valence electrons. The SMILES string of the molecule is COc1ccc(Cl)cc1CC(=O)Nc1ccc(Cl)cn1. The van der Waals surface area contributed by atoms with Gasteiger partial charge in [0.15, 0.2) is 0 Å². The molecule has 1 amide bonds. The molecule has 0 spiro atoms. The van der Waals surface area contributed by atoms with E-state index in [4.69, 9.17) is 27.9 Å². The van der Waals surface area contributed by atoms with Gasteiger partial charge in [0.1, 0.15) is 11.6 Å². The molecule has 0 aliphatic rings. The Bertz CT molecular complexity index is 615. The fourth-order valence-corrected chi connectivity index (χ4v) is 2.00. The molecule has 4 nitrogen and oxygen atoms in total. The third-order valence-corrected chi connectivity index (χ3v) is 3.05. The van der Waals surface area contributed by atoms with E-state index in [-0.39, 0.29) is 12.3 Å². The van der Waals surface area contributed by atoms with Gasteiger partial charge in [-0.15, -0.1) is 0 Å². The maximum Gasteiger partial charge on any atom is 0.230 e. The number of carbonyl (C=O) groups is 1. The second-order valence-electron chi connectivity index (χ2n) is 4.04. The minimum Gasteiger partial charge on any atom is -0.496 e. The van der Waals surface area contributed by atoms with Crippen LogP contribution >= 0.6 is 23.2 Å². The quantitative estimate of drug-likeness (QED) is 0.939. The van der Waals surface area contributed by atoms with Gasteiger partial charge in [0.05, 0.1) is 18.6 Å². The van der Waals surface area contributed by atoms with Crippen LogP contribution in [0.1, 0.15) is 5.56 Å². The first-order valence-corrected chi connectivity index (χ1v) is 6.58. The molecular formula is C14H12Cl2N2O2. The number of nitrogens with one attached hydrogen (secondary N) is 1. The van der Waals surface area contributed by atoms with E-state index in [0.29, 0.717) is 27.2 Å². The van der Waals surface area contributed by atoms with Gasteiger partial charge >= 0.3 is 0 Å². The lowest BCUT2D eigenvalue weighted by molar-refractivity contribution is -0.115. The van der Waals surface area contributed by atoms with Crippen molar-refractivity contribution in [3.05, 3.63) is 52.1 Å². The van der Waals surface area contributed by atoms with E-state index in [1.807, 2.05) is 0 Å². The summed E-state index contributed by atoms with van der Waals surface area (Å²) in [4.78, 5) is 16.0. The van der Waals surface area contributed by atoms with Crippen molar-refractivity contribution in [2.45, 2.75) is 6.42 Å². The molecule has 6 heteroatoms. The van der Waals surface area contributed by atoms with Gasteiger partial charge < -0.3 is 10.1 Å². The predicted molar refractivity (Wildman–Crippen MR) is 79.6 cm³/mol. The Balaban J connectivity index is 2.08. The largest absolute Gasteiger partial charge is 0.496 e. The lowest BCUT2D eigenvalue weighted by Gasteiger charge is -2.09. The molecule has 0 fully saturated rings. The number of hydrogen-bond donors (Lipinski definition) is 1. The van der Waals surface area contributed by atoms with Gasteiger partial charge in [-0.25, -0.2) is 4.98 Å². The summed E-state index contributed by atoms with van der Waals surface area (Å²) in [5, 5.41) is 3.75. The predicted octanol–water partition coefficient (Wildman–Crippen LogP) is 3.58. The summed E-state index contributed by atoms with van der Waals surface area (Å²) < 4.78 is 5.20. The number of anilines is 1. The van der Waals surface area contributed by atoms with Crippen LogP contribution in [0.5, 0.6) is 5.75 Å². The second-order valence-corrected chi connectivity index (χ2v) is 4.92. The monoisotopic (exact) mass is 310 g/mol. The maximum absolute atomic E-state index is 12.0. The second kappa shape index (κ2) is 6.59. The number of hydrogen-bond acceptors (Lipinski definition) is 3. The average molecular weight is 311 g/mol. The topological polar surface area (TPSA) is 51.2 Å². The zero-order valence-electron chi connectivity index (χ0n) is 10.7.